The van der Waals surface area contributed by atoms with Gasteiger partial charge in [0.25, 0.3) is 6.04 Å². The molecule has 0 radical (unpaired) electrons. The minimum atomic E-state index is -0.823. The van der Waals surface area contributed by atoms with Crippen molar-refractivity contribution in [3.05, 3.63) is 11.4 Å². The smallest absolute Gasteiger partial charge is 0.328 e. The molecule has 0 bridgehead atoms. The van der Waals surface area contributed by atoms with Gasteiger partial charge >= 0.3 is 11.9 Å². The van der Waals surface area contributed by atoms with Crippen LogP contribution in [-0.4, -0.2) is 70.7 Å². The van der Waals surface area contributed by atoms with E-state index in [2.05, 4.69) is 10.2 Å². The van der Waals surface area contributed by atoms with Gasteiger partial charge in [-0.15, -0.1) is 0 Å². The molecule has 0 aliphatic rings. The van der Waals surface area contributed by atoms with Crippen LogP contribution in [0.3, 0.4) is 0 Å². The highest BCUT2D eigenvalue weighted by Crippen LogP contribution is 1.93. The maximum atomic E-state index is 11.6. The molecule has 2 unspecified atom stereocenters. The normalized spacial score (nSPS) is 13.0. The summed E-state index contributed by atoms with van der Waals surface area (Å²) in [6.07, 6.45) is 0. The summed E-state index contributed by atoms with van der Waals surface area (Å²) >= 11 is 0. The van der Waals surface area contributed by atoms with Gasteiger partial charge in [0.2, 0.25) is 0 Å². The molecule has 0 aliphatic heterocycles. The number of hydrogen-bond donors (Lipinski definition) is 1. The van der Waals surface area contributed by atoms with Gasteiger partial charge in [-0.2, -0.15) is 0 Å². The van der Waals surface area contributed by atoms with Crippen LogP contribution in [0.1, 0.15) is 13.8 Å². The summed E-state index contributed by atoms with van der Waals surface area (Å²) < 4.78 is 20.2. The molecular weight excluding hydrogens is 292 g/mol. The predicted molar refractivity (Wildman–Crippen MR) is 78.1 cm³/mol. The van der Waals surface area contributed by atoms with E-state index in [0.717, 1.165) is 0 Å². The Labute approximate surface area is 130 Å². The van der Waals surface area contributed by atoms with E-state index in [1.165, 1.54) is 13.8 Å². The first kappa shape index (κ1) is 20.3. The van der Waals surface area contributed by atoms with E-state index in [9.17, 15) is 9.59 Å². The maximum absolute atomic E-state index is 11.6. The molecular formula is C14H24N2O6. The molecule has 8 heteroatoms. The third-order valence-corrected chi connectivity index (χ3v) is 2.56. The number of methoxy groups -OCH3 is 1. The minimum absolute atomic E-state index is 0.0927. The number of nitrogens with zero attached hydrogens (tertiary/aromatic N) is 1. The quantitative estimate of drug-likeness (QED) is 0.310. The van der Waals surface area contributed by atoms with Gasteiger partial charge in [-0.25, -0.2) is 11.4 Å². The van der Waals surface area contributed by atoms with Crippen LogP contribution in [0.15, 0.2) is 0 Å². The zero-order valence-corrected chi connectivity index (χ0v) is 13.3. The summed E-state index contributed by atoms with van der Waals surface area (Å²) in [7, 11) is 1.60. The summed E-state index contributed by atoms with van der Waals surface area (Å²) in [6, 6.07) is -1.62. The Morgan fingerprint density at radius 1 is 1.05 bits per heavy atom. The fourth-order valence-corrected chi connectivity index (χ4v) is 1.24. The van der Waals surface area contributed by atoms with Crippen LogP contribution < -0.4 is 5.32 Å². The molecule has 1 amide bonds. The molecule has 126 valence electrons. The number of hydrogen-bond acceptors (Lipinski definition) is 6. The summed E-state index contributed by atoms with van der Waals surface area (Å²) in [4.78, 5) is 26.1. The molecule has 0 saturated heterocycles. The lowest BCUT2D eigenvalue weighted by Crippen LogP contribution is -2.43. The van der Waals surface area contributed by atoms with Crippen molar-refractivity contribution in [1.82, 2.24) is 5.32 Å². The first-order valence-corrected chi connectivity index (χ1v) is 7.01. The number of carbonyl (C=O) groups is 2. The number of ether oxygens (including phenoxy) is 4. The van der Waals surface area contributed by atoms with E-state index in [1.807, 2.05) is 0 Å². The Bertz CT molecular complexity index is 369. The minimum Gasteiger partial charge on any atom is -0.462 e. The van der Waals surface area contributed by atoms with Crippen LogP contribution in [0.5, 0.6) is 0 Å². The van der Waals surface area contributed by atoms with Crippen LogP contribution in [0.4, 0.5) is 0 Å². The average molecular weight is 316 g/mol. The highest BCUT2D eigenvalue weighted by atomic mass is 16.6. The van der Waals surface area contributed by atoms with Crippen LogP contribution in [-0.2, 0) is 28.5 Å². The van der Waals surface area contributed by atoms with Crippen molar-refractivity contribution in [1.29, 1.82) is 0 Å². The van der Waals surface area contributed by atoms with Gasteiger partial charge in [0.15, 0.2) is 0 Å². The van der Waals surface area contributed by atoms with Gasteiger partial charge in [0.1, 0.15) is 12.6 Å². The second kappa shape index (κ2) is 13.0. The van der Waals surface area contributed by atoms with Crippen molar-refractivity contribution in [3.8, 4) is 0 Å². The number of carbonyl (C=O) groups excluding carboxylic acids is 2. The number of rotatable bonds is 12. The lowest BCUT2D eigenvalue weighted by molar-refractivity contribution is -0.148. The second-order valence-corrected chi connectivity index (χ2v) is 4.42. The van der Waals surface area contributed by atoms with E-state index >= 15 is 0 Å². The highest BCUT2D eigenvalue weighted by Gasteiger charge is 2.23. The Kier molecular flexibility index (Phi) is 12.0. The Morgan fingerprint density at radius 2 is 1.59 bits per heavy atom. The van der Waals surface area contributed by atoms with Crippen molar-refractivity contribution >= 4 is 11.9 Å². The van der Waals surface area contributed by atoms with Crippen molar-refractivity contribution in [2.75, 3.05) is 46.8 Å². The molecule has 22 heavy (non-hydrogen) atoms. The maximum Gasteiger partial charge on any atom is 0.328 e. The second-order valence-electron chi connectivity index (χ2n) is 4.42. The highest BCUT2D eigenvalue weighted by molar-refractivity contribution is 5.88. The van der Waals surface area contributed by atoms with Crippen LogP contribution in [0.25, 0.3) is 4.85 Å². The zero-order chi connectivity index (χ0) is 16.8. The van der Waals surface area contributed by atoms with Gasteiger partial charge in [-0.3, -0.25) is 4.79 Å². The van der Waals surface area contributed by atoms with Crippen molar-refractivity contribution in [3.63, 3.8) is 0 Å². The van der Waals surface area contributed by atoms with Gasteiger partial charge in [0.05, 0.1) is 33.0 Å². The summed E-state index contributed by atoms with van der Waals surface area (Å²) in [5.41, 5.74) is 0. The third kappa shape index (κ3) is 10.1. The molecule has 1 N–H and O–H groups in total. The van der Waals surface area contributed by atoms with E-state index in [-0.39, 0.29) is 13.2 Å². The molecule has 0 fully saturated rings. The summed E-state index contributed by atoms with van der Waals surface area (Å²) in [5.74, 6) is -1.06. The van der Waals surface area contributed by atoms with E-state index in [1.54, 1.807) is 7.11 Å². The fraction of sp³-hybridized carbons (Fsp3) is 0.786. The van der Waals surface area contributed by atoms with E-state index in [0.29, 0.717) is 26.4 Å². The summed E-state index contributed by atoms with van der Waals surface area (Å²) in [5, 5.41) is 2.41. The first-order chi connectivity index (χ1) is 10.5. The SMILES string of the molecule is [C-]#[N+]C(C)C(=O)NC(C)C(=O)OCCOCCOCCOC. The van der Waals surface area contributed by atoms with Crippen LogP contribution in [0, 0.1) is 6.57 Å². The first-order valence-electron chi connectivity index (χ1n) is 7.01. The molecule has 0 heterocycles. The molecule has 0 aromatic heterocycles. The monoisotopic (exact) mass is 316 g/mol. The van der Waals surface area contributed by atoms with Gasteiger partial charge in [-0.05, 0) is 6.92 Å². The lowest BCUT2D eigenvalue weighted by atomic mass is 10.3. The number of esters is 1. The lowest BCUT2D eigenvalue weighted by Gasteiger charge is -2.13. The van der Waals surface area contributed by atoms with Gasteiger partial charge in [-0.1, -0.05) is 0 Å². The Morgan fingerprint density at radius 3 is 2.14 bits per heavy atom. The molecule has 2 atom stereocenters. The number of amides is 1. The van der Waals surface area contributed by atoms with Crippen LogP contribution >= 0.6 is 0 Å². The molecule has 0 aromatic carbocycles. The standard InChI is InChI=1S/C14H24N2O6/c1-11(15-3)13(17)16-12(2)14(18)22-10-9-21-8-7-20-6-5-19-4/h11-12H,5-10H2,1-2,4H3,(H,16,17). The van der Waals surface area contributed by atoms with Crippen molar-refractivity contribution in [2.24, 2.45) is 0 Å². The van der Waals surface area contributed by atoms with E-state index in [4.69, 9.17) is 25.5 Å². The Hall–Kier alpha value is -1.69. The molecule has 0 aliphatic carbocycles. The van der Waals surface area contributed by atoms with E-state index < -0.39 is 24.0 Å². The average Bonchev–Trinajstić information content (AvgIpc) is 2.51. The fourth-order valence-electron chi connectivity index (χ4n) is 1.24. The van der Waals surface area contributed by atoms with Crippen molar-refractivity contribution in [2.45, 2.75) is 25.9 Å². The molecule has 0 rings (SSSR count). The van der Waals surface area contributed by atoms with Gasteiger partial charge < -0.3 is 29.1 Å². The van der Waals surface area contributed by atoms with Crippen LogP contribution in [0.2, 0.25) is 0 Å². The Balaban J connectivity index is 3.60. The predicted octanol–water partition coefficient (Wildman–Crippen LogP) is 0.0217. The molecule has 0 saturated carbocycles. The third-order valence-electron chi connectivity index (χ3n) is 2.56. The summed E-state index contributed by atoms with van der Waals surface area (Å²) in [6.45, 7) is 11.9. The largest absolute Gasteiger partial charge is 0.462 e. The zero-order valence-electron chi connectivity index (χ0n) is 13.3. The molecule has 0 spiro atoms. The molecule has 8 nitrogen and oxygen atoms in total. The number of nitrogens with one attached hydrogen (secondary N) is 1. The van der Waals surface area contributed by atoms with Gasteiger partial charge in [0, 0.05) is 14.0 Å². The topological polar surface area (TPSA) is 87.5 Å². The molecule has 0 aromatic rings. The van der Waals surface area contributed by atoms with Crippen molar-refractivity contribution < 1.29 is 28.5 Å².